The van der Waals surface area contributed by atoms with Crippen molar-refractivity contribution < 1.29 is 13.2 Å². The number of nitrogens with zero attached hydrogens (tertiary/aromatic N) is 2. The lowest BCUT2D eigenvalue weighted by Gasteiger charge is -2.08. The monoisotopic (exact) mass is 284 g/mol. The zero-order valence-electron chi connectivity index (χ0n) is 10.3. The van der Waals surface area contributed by atoms with Crippen molar-refractivity contribution in [1.82, 2.24) is 9.97 Å². The van der Waals surface area contributed by atoms with E-state index < -0.39 is 11.7 Å². The molecule has 0 bridgehead atoms. The van der Waals surface area contributed by atoms with Crippen molar-refractivity contribution in [3.05, 3.63) is 41.6 Å². The van der Waals surface area contributed by atoms with E-state index in [-0.39, 0.29) is 0 Å². The second-order valence-electron chi connectivity index (χ2n) is 3.96. The minimum absolute atomic E-state index is 0.606. The normalized spacial score (nSPS) is 11.6. The van der Waals surface area contributed by atoms with Crippen molar-refractivity contribution >= 4 is 11.8 Å². The van der Waals surface area contributed by atoms with Crippen molar-refractivity contribution in [3.8, 4) is 11.3 Å². The molecule has 0 unspecified atom stereocenters. The molecule has 0 aliphatic rings. The largest absolute Gasteiger partial charge is 0.416 e. The van der Waals surface area contributed by atoms with Gasteiger partial charge >= 0.3 is 6.18 Å². The van der Waals surface area contributed by atoms with Crippen molar-refractivity contribution in [2.24, 2.45) is 0 Å². The fourth-order valence-electron chi connectivity index (χ4n) is 1.61. The van der Waals surface area contributed by atoms with Crippen LogP contribution in [0.3, 0.4) is 0 Å². The third-order valence-corrected chi connectivity index (χ3v) is 3.07. The van der Waals surface area contributed by atoms with E-state index in [0.29, 0.717) is 16.4 Å². The number of hydrogen-bond donors (Lipinski definition) is 0. The Kier molecular flexibility index (Phi) is 3.80. The predicted octanol–water partition coefficient (Wildman–Crippen LogP) is 4.19. The maximum atomic E-state index is 12.5. The molecule has 1 aromatic heterocycles. The smallest absolute Gasteiger partial charge is 0.228 e. The van der Waals surface area contributed by atoms with Crippen molar-refractivity contribution in [1.29, 1.82) is 0 Å². The van der Waals surface area contributed by atoms with Gasteiger partial charge in [0.15, 0.2) is 5.16 Å². The van der Waals surface area contributed by atoms with E-state index in [1.165, 1.54) is 23.9 Å². The Morgan fingerprint density at radius 3 is 2.21 bits per heavy atom. The van der Waals surface area contributed by atoms with Crippen LogP contribution in [0.15, 0.2) is 35.5 Å². The molecule has 1 heterocycles. The first-order chi connectivity index (χ1) is 8.90. The van der Waals surface area contributed by atoms with Crippen LogP contribution in [-0.4, -0.2) is 16.2 Å². The summed E-state index contributed by atoms with van der Waals surface area (Å²) in [6, 6.07) is 6.72. The van der Waals surface area contributed by atoms with Crippen molar-refractivity contribution in [2.75, 3.05) is 6.26 Å². The predicted molar refractivity (Wildman–Crippen MR) is 69.0 cm³/mol. The lowest BCUT2D eigenvalue weighted by atomic mass is 10.1. The molecule has 0 atom stereocenters. The van der Waals surface area contributed by atoms with Crippen LogP contribution in [-0.2, 0) is 6.18 Å². The average Bonchev–Trinajstić information content (AvgIpc) is 2.37. The second kappa shape index (κ2) is 5.21. The van der Waals surface area contributed by atoms with Gasteiger partial charge in [0.05, 0.1) is 11.3 Å². The van der Waals surface area contributed by atoms with Gasteiger partial charge in [0.1, 0.15) is 0 Å². The fraction of sp³-hybridized carbons (Fsp3) is 0.231. The highest BCUT2D eigenvalue weighted by Gasteiger charge is 2.30. The molecule has 2 nitrogen and oxygen atoms in total. The Labute approximate surface area is 113 Å². The standard InChI is InChI=1S/C13H11F3N2S/c1-8-7-11(18-12(17-8)19-2)9-3-5-10(6-4-9)13(14,15)16/h3-7H,1-2H3. The molecule has 0 spiro atoms. The number of aromatic nitrogens is 2. The molecule has 100 valence electrons. The number of thioether (sulfide) groups is 1. The van der Waals surface area contributed by atoms with Gasteiger partial charge in [0.2, 0.25) is 0 Å². The summed E-state index contributed by atoms with van der Waals surface area (Å²) in [5.41, 5.74) is 1.40. The Balaban J connectivity index is 2.40. The highest BCUT2D eigenvalue weighted by Crippen LogP contribution is 2.30. The van der Waals surface area contributed by atoms with Gasteiger partial charge < -0.3 is 0 Å². The third kappa shape index (κ3) is 3.26. The maximum Gasteiger partial charge on any atom is 0.416 e. The van der Waals surface area contributed by atoms with E-state index >= 15 is 0 Å². The van der Waals surface area contributed by atoms with Gasteiger partial charge in [0.25, 0.3) is 0 Å². The number of alkyl halides is 3. The Bertz CT molecular complexity index is 579. The minimum Gasteiger partial charge on any atom is -0.228 e. The molecule has 2 aromatic rings. The molecule has 0 radical (unpaired) electrons. The molecule has 0 fully saturated rings. The highest BCUT2D eigenvalue weighted by molar-refractivity contribution is 7.98. The van der Waals surface area contributed by atoms with E-state index in [1.54, 1.807) is 6.07 Å². The molecular weight excluding hydrogens is 273 g/mol. The Hall–Kier alpha value is -1.56. The zero-order chi connectivity index (χ0) is 14.0. The first-order valence-corrected chi connectivity index (χ1v) is 6.70. The number of aryl methyl sites for hydroxylation is 1. The lowest BCUT2D eigenvalue weighted by molar-refractivity contribution is -0.137. The summed E-state index contributed by atoms with van der Waals surface area (Å²) in [7, 11) is 0. The van der Waals surface area contributed by atoms with Gasteiger partial charge in [-0.05, 0) is 31.4 Å². The molecule has 6 heteroatoms. The van der Waals surface area contributed by atoms with Crippen LogP contribution < -0.4 is 0 Å². The molecular formula is C13H11F3N2S. The van der Waals surface area contributed by atoms with Crippen LogP contribution in [0.25, 0.3) is 11.3 Å². The van der Waals surface area contributed by atoms with E-state index in [4.69, 9.17) is 0 Å². The van der Waals surface area contributed by atoms with E-state index in [0.717, 1.165) is 17.8 Å². The summed E-state index contributed by atoms with van der Waals surface area (Å²) in [5.74, 6) is 0. The zero-order valence-corrected chi connectivity index (χ0v) is 11.1. The van der Waals surface area contributed by atoms with Gasteiger partial charge in [-0.25, -0.2) is 9.97 Å². The van der Waals surface area contributed by atoms with E-state index in [9.17, 15) is 13.2 Å². The molecule has 19 heavy (non-hydrogen) atoms. The minimum atomic E-state index is -4.31. The van der Waals surface area contributed by atoms with E-state index in [1.807, 2.05) is 13.2 Å². The molecule has 0 saturated heterocycles. The molecule has 2 rings (SSSR count). The first kappa shape index (κ1) is 13.9. The summed E-state index contributed by atoms with van der Waals surface area (Å²) in [6.07, 6.45) is -2.46. The van der Waals surface area contributed by atoms with Gasteiger partial charge in [-0.1, -0.05) is 23.9 Å². The topological polar surface area (TPSA) is 25.8 Å². The number of rotatable bonds is 2. The molecule has 1 aromatic carbocycles. The Morgan fingerprint density at radius 1 is 1.05 bits per heavy atom. The second-order valence-corrected chi connectivity index (χ2v) is 4.73. The Morgan fingerprint density at radius 2 is 1.68 bits per heavy atom. The summed E-state index contributed by atoms with van der Waals surface area (Å²) < 4.78 is 37.4. The van der Waals surface area contributed by atoms with Gasteiger partial charge in [-0.2, -0.15) is 13.2 Å². The number of benzene rings is 1. The summed E-state index contributed by atoms with van der Waals surface area (Å²) >= 11 is 1.40. The van der Waals surface area contributed by atoms with Crippen LogP contribution in [0, 0.1) is 6.92 Å². The summed E-state index contributed by atoms with van der Waals surface area (Å²) in [5, 5.41) is 0.606. The highest BCUT2D eigenvalue weighted by atomic mass is 32.2. The summed E-state index contributed by atoms with van der Waals surface area (Å²) in [6.45, 7) is 1.83. The van der Waals surface area contributed by atoms with Crippen LogP contribution in [0.2, 0.25) is 0 Å². The van der Waals surface area contributed by atoms with Crippen LogP contribution in [0.1, 0.15) is 11.3 Å². The fourth-order valence-corrected chi connectivity index (χ4v) is 2.04. The third-order valence-electron chi connectivity index (χ3n) is 2.52. The van der Waals surface area contributed by atoms with Crippen molar-refractivity contribution in [2.45, 2.75) is 18.3 Å². The van der Waals surface area contributed by atoms with Crippen LogP contribution in [0.4, 0.5) is 13.2 Å². The quantitative estimate of drug-likeness (QED) is 0.611. The van der Waals surface area contributed by atoms with Gasteiger partial charge in [-0.15, -0.1) is 0 Å². The number of hydrogen-bond acceptors (Lipinski definition) is 3. The van der Waals surface area contributed by atoms with Gasteiger partial charge in [0, 0.05) is 11.3 Å². The summed E-state index contributed by atoms with van der Waals surface area (Å²) in [4.78, 5) is 8.49. The SMILES string of the molecule is CSc1nc(C)cc(-c2ccc(C(F)(F)F)cc2)n1. The van der Waals surface area contributed by atoms with E-state index in [2.05, 4.69) is 9.97 Å². The molecule has 0 N–H and O–H groups in total. The average molecular weight is 284 g/mol. The van der Waals surface area contributed by atoms with Gasteiger partial charge in [-0.3, -0.25) is 0 Å². The molecule has 0 aliphatic carbocycles. The molecule has 0 saturated carbocycles. The van der Waals surface area contributed by atoms with Crippen LogP contribution in [0.5, 0.6) is 0 Å². The van der Waals surface area contributed by atoms with Crippen LogP contribution >= 0.6 is 11.8 Å². The first-order valence-electron chi connectivity index (χ1n) is 5.47. The maximum absolute atomic E-state index is 12.5. The molecule has 0 amide bonds. The number of halogens is 3. The molecule has 0 aliphatic heterocycles. The van der Waals surface area contributed by atoms with Crippen molar-refractivity contribution in [3.63, 3.8) is 0 Å². The lowest BCUT2D eigenvalue weighted by Crippen LogP contribution is -2.04.